The molecule has 0 bridgehead atoms. The summed E-state index contributed by atoms with van der Waals surface area (Å²) in [6.07, 6.45) is 2.47. The zero-order valence-electron chi connectivity index (χ0n) is 12.7. The molecule has 0 spiro atoms. The standard InChI is InChI=1S/C15H26N4O/c1-4-10-16-13-7-6-8-14(19-13)17-11-9-15(20)18-12(3)5-2/h6-8,12H,4-5,9-11H2,1-3H3,(H,18,20)(H2,16,17,19). The van der Waals surface area contributed by atoms with Gasteiger partial charge in [0.1, 0.15) is 11.6 Å². The molecule has 5 heteroatoms. The first-order valence-electron chi connectivity index (χ1n) is 7.39. The third-order valence-corrected chi connectivity index (χ3v) is 2.98. The first kappa shape index (κ1) is 16.3. The van der Waals surface area contributed by atoms with Crippen LogP contribution in [0.15, 0.2) is 18.2 Å². The van der Waals surface area contributed by atoms with Gasteiger partial charge in [-0.2, -0.15) is 0 Å². The van der Waals surface area contributed by atoms with Crippen molar-refractivity contribution in [2.75, 3.05) is 23.7 Å². The molecule has 0 saturated heterocycles. The Morgan fingerprint density at radius 2 is 1.85 bits per heavy atom. The first-order chi connectivity index (χ1) is 9.65. The molecule has 112 valence electrons. The Kier molecular flexibility index (Phi) is 7.47. The highest BCUT2D eigenvalue weighted by Gasteiger charge is 2.05. The molecule has 1 amide bonds. The zero-order chi connectivity index (χ0) is 14.8. The fourth-order valence-electron chi connectivity index (χ4n) is 1.64. The summed E-state index contributed by atoms with van der Waals surface area (Å²) in [7, 11) is 0. The van der Waals surface area contributed by atoms with Gasteiger partial charge in [0.25, 0.3) is 0 Å². The molecule has 0 saturated carbocycles. The normalized spacial score (nSPS) is 11.8. The molecule has 1 atom stereocenters. The van der Waals surface area contributed by atoms with E-state index >= 15 is 0 Å². The van der Waals surface area contributed by atoms with Crippen molar-refractivity contribution in [3.05, 3.63) is 18.2 Å². The molecule has 1 unspecified atom stereocenters. The van der Waals surface area contributed by atoms with Crippen LogP contribution in [0, 0.1) is 0 Å². The summed E-state index contributed by atoms with van der Waals surface area (Å²) >= 11 is 0. The Morgan fingerprint density at radius 3 is 2.45 bits per heavy atom. The smallest absolute Gasteiger partial charge is 0.221 e. The quantitative estimate of drug-likeness (QED) is 0.649. The fourth-order valence-corrected chi connectivity index (χ4v) is 1.64. The van der Waals surface area contributed by atoms with E-state index in [2.05, 4.69) is 34.8 Å². The van der Waals surface area contributed by atoms with Crippen LogP contribution in [0.3, 0.4) is 0 Å². The van der Waals surface area contributed by atoms with Gasteiger partial charge >= 0.3 is 0 Å². The Labute approximate surface area is 121 Å². The van der Waals surface area contributed by atoms with E-state index in [1.165, 1.54) is 0 Å². The van der Waals surface area contributed by atoms with Gasteiger partial charge < -0.3 is 16.0 Å². The van der Waals surface area contributed by atoms with Crippen LogP contribution in [0.1, 0.15) is 40.0 Å². The van der Waals surface area contributed by atoms with E-state index in [-0.39, 0.29) is 11.9 Å². The lowest BCUT2D eigenvalue weighted by molar-refractivity contribution is -0.121. The third kappa shape index (κ3) is 6.41. The van der Waals surface area contributed by atoms with Crippen LogP contribution in [0.4, 0.5) is 11.6 Å². The Morgan fingerprint density at radius 1 is 1.20 bits per heavy atom. The van der Waals surface area contributed by atoms with Gasteiger partial charge in [-0.05, 0) is 31.9 Å². The molecule has 1 rings (SSSR count). The van der Waals surface area contributed by atoms with E-state index in [1.807, 2.05) is 25.1 Å². The van der Waals surface area contributed by atoms with Crippen molar-refractivity contribution in [1.29, 1.82) is 0 Å². The number of hydrogen-bond acceptors (Lipinski definition) is 4. The molecule has 0 aromatic carbocycles. The van der Waals surface area contributed by atoms with E-state index in [9.17, 15) is 4.79 Å². The first-order valence-corrected chi connectivity index (χ1v) is 7.39. The predicted octanol–water partition coefficient (Wildman–Crippen LogP) is 2.62. The number of carbonyl (C=O) groups excluding carboxylic acids is 1. The summed E-state index contributed by atoms with van der Waals surface area (Å²) in [5.74, 6) is 1.73. The summed E-state index contributed by atoms with van der Waals surface area (Å²) in [6, 6.07) is 6.04. The summed E-state index contributed by atoms with van der Waals surface area (Å²) in [4.78, 5) is 16.1. The molecular formula is C15H26N4O. The molecular weight excluding hydrogens is 252 g/mol. The van der Waals surface area contributed by atoms with Gasteiger partial charge in [-0.25, -0.2) is 4.98 Å². The van der Waals surface area contributed by atoms with Crippen LogP contribution in [0.2, 0.25) is 0 Å². The summed E-state index contributed by atoms with van der Waals surface area (Å²) in [5, 5.41) is 9.35. The molecule has 1 aromatic heterocycles. The van der Waals surface area contributed by atoms with Crippen LogP contribution in [0.25, 0.3) is 0 Å². The number of nitrogens with one attached hydrogen (secondary N) is 3. The maximum Gasteiger partial charge on any atom is 0.221 e. The summed E-state index contributed by atoms with van der Waals surface area (Å²) < 4.78 is 0. The van der Waals surface area contributed by atoms with Gasteiger partial charge in [0.05, 0.1) is 0 Å². The second-order valence-corrected chi connectivity index (χ2v) is 4.89. The van der Waals surface area contributed by atoms with Crippen molar-refractivity contribution >= 4 is 17.5 Å². The van der Waals surface area contributed by atoms with E-state index < -0.39 is 0 Å². The molecule has 0 aliphatic rings. The minimum absolute atomic E-state index is 0.0760. The average Bonchev–Trinajstić information content (AvgIpc) is 2.45. The summed E-state index contributed by atoms with van der Waals surface area (Å²) in [6.45, 7) is 7.68. The zero-order valence-corrected chi connectivity index (χ0v) is 12.7. The van der Waals surface area contributed by atoms with Gasteiger partial charge in [-0.3, -0.25) is 4.79 Å². The van der Waals surface area contributed by atoms with Gasteiger partial charge in [0.15, 0.2) is 0 Å². The Hall–Kier alpha value is -1.78. The topological polar surface area (TPSA) is 66.0 Å². The molecule has 0 aliphatic heterocycles. The van der Waals surface area contributed by atoms with E-state index in [4.69, 9.17) is 0 Å². The number of rotatable bonds is 9. The largest absolute Gasteiger partial charge is 0.370 e. The number of aromatic nitrogens is 1. The second kappa shape index (κ2) is 9.18. The molecule has 1 heterocycles. The Bertz CT molecular complexity index is 409. The van der Waals surface area contributed by atoms with Crippen molar-refractivity contribution in [2.24, 2.45) is 0 Å². The van der Waals surface area contributed by atoms with E-state index in [0.29, 0.717) is 13.0 Å². The second-order valence-electron chi connectivity index (χ2n) is 4.89. The monoisotopic (exact) mass is 278 g/mol. The minimum Gasteiger partial charge on any atom is -0.370 e. The molecule has 3 N–H and O–H groups in total. The maximum absolute atomic E-state index is 11.6. The SMILES string of the molecule is CCCNc1cccc(NCCC(=O)NC(C)CC)n1. The lowest BCUT2D eigenvalue weighted by atomic mass is 10.2. The van der Waals surface area contributed by atoms with Crippen molar-refractivity contribution in [2.45, 2.75) is 46.1 Å². The predicted molar refractivity (Wildman–Crippen MR) is 84.0 cm³/mol. The maximum atomic E-state index is 11.6. The lowest BCUT2D eigenvalue weighted by Gasteiger charge is -2.12. The number of carbonyl (C=O) groups is 1. The fraction of sp³-hybridized carbons (Fsp3) is 0.600. The van der Waals surface area contributed by atoms with Crippen LogP contribution in [-0.4, -0.2) is 30.0 Å². The van der Waals surface area contributed by atoms with Gasteiger partial charge in [-0.1, -0.05) is 19.9 Å². The van der Waals surface area contributed by atoms with Crippen molar-refractivity contribution < 1.29 is 4.79 Å². The molecule has 5 nitrogen and oxygen atoms in total. The van der Waals surface area contributed by atoms with E-state index in [1.54, 1.807) is 0 Å². The Balaban J connectivity index is 2.32. The lowest BCUT2D eigenvalue weighted by Crippen LogP contribution is -2.33. The molecule has 0 fully saturated rings. The van der Waals surface area contributed by atoms with Gasteiger partial charge in [0, 0.05) is 25.6 Å². The van der Waals surface area contributed by atoms with Gasteiger partial charge in [-0.15, -0.1) is 0 Å². The van der Waals surface area contributed by atoms with Crippen LogP contribution in [0.5, 0.6) is 0 Å². The molecule has 20 heavy (non-hydrogen) atoms. The minimum atomic E-state index is 0.0760. The van der Waals surface area contributed by atoms with Gasteiger partial charge in [0.2, 0.25) is 5.91 Å². The van der Waals surface area contributed by atoms with Crippen LogP contribution >= 0.6 is 0 Å². The third-order valence-electron chi connectivity index (χ3n) is 2.98. The van der Waals surface area contributed by atoms with E-state index in [0.717, 1.165) is 31.0 Å². The van der Waals surface area contributed by atoms with Crippen molar-refractivity contribution in [3.8, 4) is 0 Å². The van der Waals surface area contributed by atoms with Crippen LogP contribution < -0.4 is 16.0 Å². The molecule has 1 aromatic rings. The molecule has 0 radical (unpaired) electrons. The highest BCUT2D eigenvalue weighted by molar-refractivity contribution is 5.76. The number of nitrogens with zero attached hydrogens (tertiary/aromatic N) is 1. The molecule has 0 aliphatic carbocycles. The van der Waals surface area contributed by atoms with Crippen molar-refractivity contribution in [3.63, 3.8) is 0 Å². The van der Waals surface area contributed by atoms with Crippen molar-refractivity contribution in [1.82, 2.24) is 10.3 Å². The number of hydrogen-bond donors (Lipinski definition) is 3. The highest BCUT2D eigenvalue weighted by atomic mass is 16.1. The van der Waals surface area contributed by atoms with Crippen LogP contribution in [-0.2, 0) is 4.79 Å². The average molecular weight is 278 g/mol. The number of pyridine rings is 1. The summed E-state index contributed by atoms with van der Waals surface area (Å²) in [5.41, 5.74) is 0. The number of anilines is 2. The highest BCUT2D eigenvalue weighted by Crippen LogP contribution is 2.09. The number of amides is 1.